The Morgan fingerprint density at radius 3 is 2.45 bits per heavy atom. The van der Waals surface area contributed by atoms with E-state index in [9.17, 15) is 0 Å². The second kappa shape index (κ2) is 5.57. The van der Waals surface area contributed by atoms with Crippen molar-refractivity contribution in [3.63, 3.8) is 0 Å². The number of anilines is 1. The normalized spacial score (nSPS) is 10.6. The third-order valence-corrected chi connectivity index (χ3v) is 3.28. The second-order valence-corrected chi connectivity index (χ2v) is 4.67. The van der Waals surface area contributed by atoms with Gasteiger partial charge in [0, 0.05) is 42.6 Å². The largest absolute Gasteiger partial charge is 0.399 e. The molecule has 4 nitrogen and oxygen atoms in total. The molecule has 100 valence electrons. The lowest BCUT2D eigenvalue weighted by Gasteiger charge is -2.08. The lowest BCUT2D eigenvalue weighted by atomic mass is 10.2. The summed E-state index contributed by atoms with van der Waals surface area (Å²) in [5.74, 6) is 0.971. The topological polar surface area (TPSA) is 56.7 Å². The molecule has 0 atom stereocenters. The van der Waals surface area contributed by atoms with Crippen LogP contribution in [0.5, 0.6) is 0 Å². The highest BCUT2D eigenvalue weighted by Crippen LogP contribution is 2.19. The monoisotopic (exact) mass is 264 g/mol. The van der Waals surface area contributed by atoms with Crippen molar-refractivity contribution in [2.75, 3.05) is 5.73 Å². The van der Waals surface area contributed by atoms with Crippen LogP contribution in [0.3, 0.4) is 0 Å². The van der Waals surface area contributed by atoms with E-state index in [-0.39, 0.29) is 0 Å². The lowest BCUT2D eigenvalue weighted by molar-refractivity contribution is 0.702. The minimum absolute atomic E-state index is 0.767. The predicted octanol–water partition coefficient (Wildman–Crippen LogP) is 2.77. The van der Waals surface area contributed by atoms with Crippen molar-refractivity contribution < 1.29 is 0 Å². The fraction of sp³-hybridized carbons (Fsp3) is 0.125. The molecule has 2 heterocycles. The molecule has 3 aromatic rings. The van der Waals surface area contributed by atoms with Crippen molar-refractivity contribution in [2.45, 2.75) is 13.0 Å². The minimum Gasteiger partial charge on any atom is -0.399 e. The van der Waals surface area contributed by atoms with Crippen LogP contribution < -0.4 is 5.73 Å². The van der Waals surface area contributed by atoms with Crippen molar-refractivity contribution in [1.82, 2.24) is 14.5 Å². The maximum absolute atomic E-state index is 5.72. The molecule has 0 saturated heterocycles. The minimum atomic E-state index is 0.767. The van der Waals surface area contributed by atoms with Gasteiger partial charge >= 0.3 is 0 Å². The van der Waals surface area contributed by atoms with E-state index in [1.165, 1.54) is 5.56 Å². The number of aryl methyl sites for hydroxylation is 2. The van der Waals surface area contributed by atoms with Crippen LogP contribution in [-0.4, -0.2) is 14.5 Å². The smallest absolute Gasteiger partial charge is 0.139 e. The molecule has 0 aliphatic rings. The molecule has 0 saturated carbocycles. The van der Waals surface area contributed by atoms with Crippen molar-refractivity contribution in [3.8, 4) is 11.4 Å². The van der Waals surface area contributed by atoms with Crippen LogP contribution in [0.2, 0.25) is 0 Å². The molecule has 0 unspecified atom stereocenters. The lowest BCUT2D eigenvalue weighted by Crippen LogP contribution is -2.02. The molecule has 0 radical (unpaired) electrons. The molecule has 20 heavy (non-hydrogen) atoms. The first-order chi connectivity index (χ1) is 9.83. The maximum atomic E-state index is 5.72. The first kappa shape index (κ1) is 12.4. The Bertz CT molecular complexity index is 671. The van der Waals surface area contributed by atoms with E-state index in [2.05, 4.69) is 14.5 Å². The molecule has 3 rings (SSSR count). The number of hydrogen-bond acceptors (Lipinski definition) is 3. The van der Waals surface area contributed by atoms with Gasteiger partial charge in [0.2, 0.25) is 0 Å². The van der Waals surface area contributed by atoms with Crippen LogP contribution >= 0.6 is 0 Å². The highest BCUT2D eigenvalue weighted by Gasteiger charge is 2.05. The van der Waals surface area contributed by atoms with Crippen molar-refractivity contribution in [3.05, 3.63) is 66.7 Å². The number of imidazole rings is 1. The zero-order chi connectivity index (χ0) is 13.8. The summed E-state index contributed by atoms with van der Waals surface area (Å²) >= 11 is 0. The first-order valence-electron chi connectivity index (χ1n) is 6.59. The predicted molar refractivity (Wildman–Crippen MR) is 80.0 cm³/mol. The van der Waals surface area contributed by atoms with E-state index in [1.807, 2.05) is 61.2 Å². The van der Waals surface area contributed by atoms with Gasteiger partial charge in [-0.05, 0) is 48.4 Å². The maximum Gasteiger partial charge on any atom is 0.139 e. The molecule has 4 heteroatoms. The molecule has 0 aliphatic carbocycles. The standard InChI is InChI=1S/C16H16N4/c17-15-3-1-14(2-4-15)16-19-10-12-20(16)11-7-13-5-8-18-9-6-13/h1-6,8-10,12H,7,11,17H2. The van der Waals surface area contributed by atoms with Gasteiger partial charge in [-0.2, -0.15) is 0 Å². The average molecular weight is 264 g/mol. The van der Waals surface area contributed by atoms with E-state index in [4.69, 9.17) is 5.73 Å². The second-order valence-electron chi connectivity index (χ2n) is 4.67. The molecule has 0 aliphatic heterocycles. The van der Waals surface area contributed by atoms with Crippen molar-refractivity contribution in [2.24, 2.45) is 0 Å². The zero-order valence-corrected chi connectivity index (χ0v) is 11.1. The summed E-state index contributed by atoms with van der Waals surface area (Å²) in [5, 5.41) is 0. The number of nitrogens with zero attached hydrogens (tertiary/aromatic N) is 3. The summed E-state index contributed by atoms with van der Waals surface area (Å²) < 4.78 is 2.16. The molecule has 0 fully saturated rings. The highest BCUT2D eigenvalue weighted by atomic mass is 15.1. The number of aromatic nitrogens is 3. The third kappa shape index (κ3) is 2.69. The molecule has 2 N–H and O–H groups in total. The van der Waals surface area contributed by atoms with Gasteiger partial charge in [-0.25, -0.2) is 4.98 Å². The van der Waals surface area contributed by atoms with Crippen LogP contribution in [0.1, 0.15) is 5.56 Å². The van der Waals surface area contributed by atoms with Gasteiger partial charge < -0.3 is 10.3 Å². The van der Waals surface area contributed by atoms with E-state index in [0.717, 1.165) is 30.0 Å². The van der Waals surface area contributed by atoms with E-state index >= 15 is 0 Å². The summed E-state index contributed by atoms with van der Waals surface area (Å²) in [6.45, 7) is 0.893. The Kier molecular flexibility index (Phi) is 3.46. The van der Waals surface area contributed by atoms with Gasteiger partial charge in [0.05, 0.1) is 0 Å². The highest BCUT2D eigenvalue weighted by molar-refractivity contribution is 5.59. The zero-order valence-electron chi connectivity index (χ0n) is 11.1. The number of hydrogen-bond donors (Lipinski definition) is 1. The molecular weight excluding hydrogens is 248 g/mol. The van der Waals surface area contributed by atoms with Gasteiger partial charge in [0.15, 0.2) is 0 Å². The Morgan fingerprint density at radius 1 is 0.950 bits per heavy atom. The van der Waals surface area contributed by atoms with Crippen LogP contribution in [0.4, 0.5) is 5.69 Å². The van der Waals surface area contributed by atoms with Crippen LogP contribution in [0.15, 0.2) is 61.2 Å². The van der Waals surface area contributed by atoms with Gasteiger partial charge in [0.25, 0.3) is 0 Å². The molecule has 2 aromatic heterocycles. The van der Waals surface area contributed by atoms with Gasteiger partial charge in [-0.1, -0.05) is 0 Å². The Morgan fingerprint density at radius 2 is 1.70 bits per heavy atom. The van der Waals surface area contributed by atoms with Gasteiger partial charge in [-0.15, -0.1) is 0 Å². The van der Waals surface area contributed by atoms with E-state index in [0.29, 0.717) is 0 Å². The Labute approximate surface area is 117 Å². The van der Waals surface area contributed by atoms with Crippen molar-refractivity contribution >= 4 is 5.69 Å². The molecular formula is C16H16N4. The summed E-state index contributed by atoms with van der Waals surface area (Å²) in [7, 11) is 0. The fourth-order valence-corrected chi connectivity index (χ4v) is 2.18. The Hall–Kier alpha value is -2.62. The first-order valence-corrected chi connectivity index (χ1v) is 6.59. The molecule has 0 spiro atoms. The van der Waals surface area contributed by atoms with Gasteiger partial charge in [-0.3, -0.25) is 4.98 Å². The third-order valence-electron chi connectivity index (χ3n) is 3.28. The van der Waals surface area contributed by atoms with Crippen LogP contribution in [0, 0.1) is 0 Å². The number of pyridine rings is 1. The number of rotatable bonds is 4. The van der Waals surface area contributed by atoms with E-state index in [1.54, 1.807) is 0 Å². The SMILES string of the molecule is Nc1ccc(-c2nccn2CCc2ccncc2)cc1. The van der Waals surface area contributed by atoms with Crippen molar-refractivity contribution in [1.29, 1.82) is 0 Å². The van der Waals surface area contributed by atoms with Crippen LogP contribution in [0.25, 0.3) is 11.4 Å². The number of benzene rings is 1. The summed E-state index contributed by atoms with van der Waals surface area (Å²) in [6, 6.07) is 11.9. The van der Waals surface area contributed by atoms with Gasteiger partial charge in [0.1, 0.15) is 5.82 Å². The molecule has 1 aromatic carbocycles. The number of nitrogen functional groups attached to an aromatic ring is 1. The summed E-state index contributed by atoms with van der Waals surface area (Å²) in [6.07, 6.45) is 8.44. The van der Waals surface area contributed by atoms with Crippen LogP contribution in [-0.2, 0) is 13.0 Å². The van der Waals surface area contributed by atoms with E-state index < -0.39 is 0 Å². The number of nitrogens with two attached hydrogens (primary N) is 1. The molecule has 0 amide bonds. The quantitative estimate of drug-likeness (QED) is 0.737. The fourth-order valence-electron chi connectivity index (χ4n) is 2.18. The molecule has 0 bridgehead atoms. The summed E-state index contributed by atoms with van der Waals surface area (Å²) in [4.78, 5) is 8.47. The Balaban J connectivity index is 1.78. The average Bonchev–Trinajstić information content (AvgIpc) is 2.95. The summed E-state index contributed by atoms with van der Waals surface area (Å²) in [5.41, 5.74) is 8.84.